The topological polar surface area (TPSA) is 35.1 Å². The predicted molar refractivity (Wildman–Crippen MR) is 63.0 cm³/mol. The first-order valence-electron chi connectivity index (χ1n) is 5.27. The van der Waals surface area contributed by atoms with Gasteiger partial charge in [-0.2, -0.15) is 0 Å². The largest absolute Gasteiger partial charge is 0.423 e. The number of para-hydroxylation sites is 1. The van der Waals surface area contributed by atoms with Crippen molar-refractivity contribution in [2.45, 2.75) is 26.2 Å². The van der Waals surface area contributed by atoms with Crippen molar-refractivity contribution in [3.05, 3.63) is 52.8 Å². The van der Waals surface area contributed by atoms with Crippen LogP contribution in [0.25, 0.3) is 5.69 Å². The van der Waals surface area contributed by atoms with Gasteiger partial charge in [-0.15, -0.1) is 0 Å². The quantitative estimate of drug-likeness (QED) is 0.736. The molecule has 16 heavy (non-hydrogen) atoms. The molecule has 0 aliphatic heterocycles. The van der Waals surface area contributed by atoms with Crippen molar-refractivity contribution in [2.24, 2.45) is 0 Å². The fourth-order valence-electron chi connectivity index (χ4n) is 1.45. The molecular formula is C13H15NO2. The highest BCUT2D eigenvalue weighted by atomic mass is 16.4. The third-order valence-corrected chi connectivity index (χ3v) is 2.41. The Morgan fingerprint density at radius 1 is 1.12 bits per heavy atom. The first kappa shape index (κ1) is 10.7. The van der Waals surface area contributed by atoms with Crippen molar-refractivity contribution in [1.29, 1.82) is 0 Å². The molecule has 0 fully saturated rings. The molecule has 0 bridgehead atoms. The molecular weight excluding hydrogens is 202 g/mol. The van der Waals surface area contributed by atoms with Crippen LogP contribution in [0.1, 0.15) is 26.5 Å². The Kier molecular flexibility index (Phi) is 2.46. The zero-order valence-electron chi connectivity index (χ0n) is 9.73. The Hall–Kier alpha value is -1.77. The zero-order chi connectivity index (χ0) is 11.8. The van der Waals surface area contributed by atoms with Crippen molar-refractivity contribution >= 4 is 0 Å². The molecule has 2 aromatic rings. The molecule has 0 saturated heterocycles. The van der Waals surface area contributed by atoms with Crippen LogP contribution in [-0.4, -0.2) is 4.57 Å². The maximum Gasteiger partial charge on any atom is 0.423 e. The number of hydrogen-bond acceptors (Lipinski definition) is 2. The number of nitrogens with zero attached hydrogens (tertiary/aromatic N) is 1. The molecule has 3 nitrogen and oxygen atoms in total. The van der Waals surface area contributed by atoms with E-state index < -0.39 is 0 Å². The van der Waals surface area contributed by atoms with Crippen molar-refractivity contribution in [2.75, 3.05) is 0 Å². The lowest BCUT2D eigenvalue weighted by molar-refractivity contribution is 0.385. The molecule has 0 atom stereocenters. The number of oxazole rings is 1. The first-order valence-corrected chi connectivity index (χ1v) is 5.27. The molecule has 1 aromatic heterocycles. The summed E-state index contributed by atoms with van der Waals surface area (Å²) in [6, 6.07) is 9.46. The molecule has 0 N–H and O–H groups in total. The molecule has 0 unspecified atom stereocenters. The summed E-state index contributed by atoms with van der Waals surface area (Å²) >= 11 is 0. The lowest BCUT2D eigenvalue weighted by Gasteiger charge is -2.12. The lowest BCUT2D eigenvalue weighted by Crippen LogP contribution is -2.10. The standard InChI is InChI=1S/C13H15NO2/c1-13(2,3)11-9-14(12(15)16-11)10-7-5-4-6-8-10/h4-9H,1-3H3. The Balaban J connectivity index is 2.53. The maximum absolute atomic E-state index is 11.7. The second-order valence-electron chi connectivity index (χ2n) is 4.82. The van der Waals surface area contributed by atoms with E-state index in [1.807, 2.05) is 51.1 Å². The van der Waals surface area contributed by atoms with E-state index >= 15 is 0 Å². The number of hydrogen-bond donors (Lipinski definition) is 0. The van der Waals surface area contributed by atoms with Gasteiger partial charge in [0.2, 0.25) is 0 Å². The van der Waals surface area contributed by atoms with Crippen LogP contribution < -0.4 is 5.76 Å². The Morgan fingerprint density at radius 3 is 2.25 bits per heavy atom. The third-order valence-electron chi connectivity index (χ3n) is 2.41. The fraction of sp³-hybridized carbons (Fsp3) is 0.308. The van der Waals surface area contributed by atoms with Gasteiger partial charge < -0.3 is 4.42 Å². The molecule has 1 heterocycles. The molecule has 0 amide bonds. The van der Waals surface area contributed by atoms with E-state index in [4.69, 9.17) is 4.42 Å². The number of benzene rings is 1. The van der Waals surface area contributed by atoms with Crippen LogP contribution in [0.3, 0.4) is 0 Å². The van der Waals surface area contributed by atoms with Gasteiger partial charge in [0.15, 0.2) is 0 Å². The Bertz CT molecular complexity index is 529. The molecule has 0 aliphatic rings. The minimum Gasteiger partial charge on any atom is -0.412 e. The Morgan fingerprint density at radius 2 is 1.75 bits per heavy atom. The number of rotatable bonds is 1. The van der Waals surface area contributed by atoms with Gasteiger partial charge in [0.1, 0.15) is 5.76 Å². The normalized spacial score (nSPS) is 11.7. The summed E-state index contributed by atoms with van der Waals surface area (Å²) in [5.74, 6) is 0.359. The molecule has 0 radical (unpaired) electrons. The number of aromatic nitrogens is 1. The highest BCUT2D eigenvalue weighted by Gasteiger charge is 2.20. The minimum absolute atomic E-state index is 0.154. The summed E-state index contributed by atoms with van der Waals surface area (Å²) in [6.45, 7) is 6.04. The van der Waals surface area contributed by atoms with Gasteiger partial charge in [-0.05, 0) is 12.1 Å². The molecule has 1 aromatic carbocycles. The smallest absolute Gasteiger partial charge is 0.412 e. The lowest BCUT2D eigenvalue weighted by atomic mass is 9.94. The molecule has 0 aliphatic carbocycles. The molecule has 2 rings (SSSR count). The summed E-state index contributed by atoms with van der Waals surface area (Å²) in [5, 5.41) is 0. The summed E-state index contributed by atoms with van der Waals surface area (Å²) in [5.41, 5.74) is 0.672. The second kappa shape index (κ2) is 3.67. The van der Waals surface area contributed by atoms with Crippen molar-refractivity contribution in [3.63, 3.8) is 0 Å². The van der Waals surface area contributed by atoms with Crippen LogP contribution >= 0.6 is 0 Å². The van der Waals surface area contributed by atoms with Gasteiger partial charge in [0, 0.05) is 5.41 Å². The van der Waals surface area contributed by atoms with Gasteiger partial charge in [0.25, 0.3) is 0 Å². The van der Waals surface area contributed by atoms with Crippen molar-refractivity contribution in [1.82, 2.24) is 4.57 Å². The summed E-state index contributed by atoms with van der Waals surface area (Å²) in [7, 11) is 0. The summed E-state index contributed by atoms with van der Waals surface area (Å²) in [6.07, 6.45) is 1.76. The zero-order valence-corrected chi connectivity index (χ0v) is 9.73. The highest BCUT2D eigenvalue weighted by Crippen LogP contribution is 2.21. The monoisotopic (exact) mass is 217 g/mol. The van der Waals surface area contributed by atoms with Crippen LogP contribution in [0.4, 0.5) is 0 Å². The first-order chi connectivity index (χ1) is 7.48. The van der Waals surface area contributed by atoms with Gasteiger partial charge >= 0.3 is 5.76 Å². The molecule has 0 saturated carbocycles. The average Bonchev–Trinajstić information content (AvgIpc) is 2.61. The molecule has 3 heteroatoms. The average molecular weight is 217 g/mol. The van der Waals surface area contributed by atoms with Crippen molar-refractivity contribution < 1.29 is 4.42 Å². The van der Waals surface area contributed by atoms with Gasteiger partial charge in [-0.25, -0.2) is 9.36 Å². The van der Waals surface area contributed by atoms with E-state index in [0.29, 0.717) is 5.76 Å². The van der Waals surface area contributed by atoms with E-state index in [1.54, 1.807) is 6.20 Å². The van der Waals surface area contributed by atoms with Gasteiger partial charge in [0.05, 0.1) is 11.9 Å². The van der Waals surface area contributed by atoms with Crippen LogP contribution in [0.2, 0.25) is 0 Å². The fourth-order valence-corrected chi connectivity index (χ4v) is 1.45. The van der Waals surface area contributed by atoms with Crippen molar-refractivity contribution in [3.8, 4) is 5.69 Å². The van der Waals surface area contributed by atoms with E-state index in [1.165, 1.54) is 4.57 Å². The SMILES string of the molecule is CC(C)(C)c1cn(-c2ccccc2)c(=O)o1. The third kappa shape index (κ3) is 1.94. The van der Waals surface area contributed by atoms with E-state index in [-0.39, 0.29) is 11.2 Å². The predicted octanol–water partition coefficient (Wildman–Crippen LogP) is 2.73. The minimum atomic E-state index is -0.337. The van der Waals surface area contributed by atoms with E-state index in [0.717, 1.165) is 5.69 Å². The van der Waals surface area contributed by atoms with Gasteiger partial charge in [-0.1, -0.05) is 39.0 Å². The van der Waals surface area contributed by atoms with Gasteiger partial charge in [-0.3, -0.25) is 0 Å². The molecule has 0 spiro atoms. The maximum atomic E-state index is 11.7. The summed E-state index contributed by atoms with van der Waals surface area (Å²) in [4.78, 5) is 11.7. The second-order valence-corrected chi connectivity index (χ2v) is 4.82. The van der Waals surface area contributed by atoms with Crippen LogP contribution in [0.5, 0.6) is 0 Å². The van der Waals surface area contributed by atoms with E-state index in [9.17, 15) is 4.79 Å². The van der Waals surface area contributed by atoms with Crippen LogP contribution in [0.15, 0.2) is 45.7 Å². The summed E-state index contributed by atoms with van der Waals surface area (Å²) < 4.78 is 6.77. The van der Waals surface area contributed by atoms with Crippen LogP contribution in [-0.2, 0) is 5.41 Å². The molecule has 84 valence electrons. The van der Waals surface area contributed by atoms with E-state index in [2.05, 4.69) is 0 Å². The highest BCUT2D eigenvalue weighted by molar-refractivity contribution is 5.31. The Labute approximate surface area is 94.3 Å². The van der Waals surface area contributed by atoms with Crippen LogP contribution in [0, 0.1) is 0 Å².